The lowest BCUT2D eigenvalue weighted by Crippen LogP contribution is -2.29. The van der Waals surface area contributed by atoms with Crippen LogP contribution in [0.25, 0.3) is 0 Å². The Balaban J connectivity index is 2.32. The van der Waals surface area contributed by atoms with E-state index in [4.69, 9.17) is 17.3 Å². The van der Waals surface area contributed by atoms with Crippen molar-refractivity contribution in [3.8, 4) is 0 Å². The summed E-state index contributed by atoms with van der Waals surface area (Å²) >= 11 is 5.82. The van der Waals surface area contributed by atoms with E-state index >= 15 is 0 Å². The number of aromatic nitrogens is 2. The minimum absolute atomic E-state index is 0.118. The number of anilines is 2. The predicted octanol–water partition coefficient (Wildman–Crippen LogP) is 0.646. The fourth-order valence-corrected chi connectivity index (χ4v) is 3.40. The summed E-state index contributed by atoms with van der Waals surface area (Å²) in [6, 6.07) is 0. The molecule has 0 aromatic carbocycles. The van der Waals surface area contributed by atoms with Crippen LogP contribution < -0.4 is 10.6 Å². The lowest BCUT2D eigenvalue weighted by atomic mass is 10.3. The minimum Gasteiger partial charge on any atom is -0.394 e. The van der Waals surface area contributed by atoms with Crippen molar-refractivity contribution in [2.24, 2.45) is 0 Å². The van der Waals surface area contributed by atoms with Gasteiger partial charge in [0.05, 0.1) is 22.9 Å². The summed E-state index contributed by atoms with van der Waals surface area (Å²) in [5, 5.41) is 0.129. The molecule has 2 N–H and O–H groups in total. The highest BCUT2D eigenvalue weighted by molar-refractivity contribution is 7.91. The van der Waals surface area contributed by atoms with E-state index in [0.29, 0.717) is 36.7 Å². The van der Waals surface area contributed by atoms with Gasteiger partial charge < -0.3 is 10.6 Å². The number of nitrogen functional groups attached to an aromatic ring is 1. The third kappa shape index (κ3) is 2.84. The minimum atomic E-state index is -2.95. The smallest absolute Gasteiger partial charge is 0.224 e. The third-order valence-corrected chi connectivity index (χ3v) is 4.83. The first-order valence-corrected chi connectivity index (χ1v) is 7.84. The highest BCUT2D eigenvalue weighted by atomic mass is 35.5. The third-order valence-electron chi connectivity index (χ3n) is 2.94. The Kier molecular flexibility index (Phi) is 3.63. The van der Waals surface area contributed by atoms with Crippen LogP contribution in [0.5, 0.6) is 0 Å². The zero-order chi connectivity index (χ0) is 13.3. The van der Waals surface area contributed by atoms with Crippen LogP contribution in [0.15, 0.2) is 0 Å². The van der Waals surface area contributed by atoms with E-state index < -0.39 is 9.84 Å². The zero-order valence-corrected chi connectivity index (χ0v) is 11.6. The summed E-state index contributed by atoms with van der Waals surface area (Å²) in [6.45, 7) is 2.75. The maximum absolute atomic E-state index is 11.5. The molecule has 0 aliphatic carbocycles. The van der Waals surface area contributed by atoms with Gasteiger partial charge in [-0.25, -0.2) is 13.4 Å². The first-order valence-electron chi connectivity index (χ1n) is 5.64. The fourth-order valence-electron chi connectivity index (χ4n) is 1.92. The van der Waals surface area contributed by atoms with Gasteiger partial charge in [-0.3, -0.25) is 0 Å². The molecule has 2 heterocycles. The van der Waals surface area contributed by atoms with Crippen LogP contribution >= 0.6 is 11.6 Å². The Morgan fingerprint density at radius 1 is 1.28 bits per heavy atom. The van der Waals surface area contributed by atoms with Crippen molar-refractivity contribution in [1.29, 1.82) is 0 Å². The molecular formula is C10H15ClN4O2S. The monoisotopic (exact) mass is 290 g/mol. The van der Waals surface area contributed by atoms with Gasteiger partial charge in [0.2, 0.25) is 5.28 Å². The molecule has 18 heavy (non-hydrogen) atoms. The quantitative estimate of drug-likeness (QED) is 0.764. The van der Waals surface area contributed by atoms with Gasteiger partial charge in [-0.15, -0.1) is 0 Å². The fraction of sp³-hybridized carbons (Fsp3) is 0.600. The van der Waals surface area contributed by atoms with Gasteiger partial charge in [0, 0.05) is 13.1 Å². The largest absolute Gasteiger partial charge is 0.394 e. The summed E-state index contributed by atoms with van der Waals surface area (Å²) in [4.78, 5) is 9.93. The summed E-state index contributed by atoms with van der Waals surface area (Å²) < 4.78 is 23.1. The highest BCUT2D eigenvalue weighted by Crippen LogP contribution is 2.25. The standard InChI is InChI=1S/C10H15ClN4O2S/c1-7-8(12)9(14-10(11)13-7)15-3-2-5-18(16,17)6-4-15/h2-6,12H2,1H3. The van der Waals surface area contributed by atoms with Gasteiger partial charge in [-0.1, -0.05) is 0 Å². The van der Waals surface area contributed by atoms with Gasteiger partial charge >= 0.3 is 0 Å². The van der Waals surface area contributed by atoms with E-state index in [1.807, 2.05) is 4.90 Å². The summed E-state index contributed by atoms with van der Waals surface area (Å²) in [7, 11) is -2.95. The lowest BCUT2D eigenvalue weighted by Gasteiger charge is -2.22. The Morgan fingerprint density at radius 3 is 2.72 bits per heavy atom. The van der Waals surface area contributed by atoms with E-state index in [0.717, 1.165) is 0 Å². The number of halogens is 1. The Morgan fingerprint density at radius 2 is 2.00 bits per heavy atom. The molecule has 8 heteroatoms. The van der Waals surface area contributed by atoms with Crippen molar-refractivity contribution >= 4 is 32.9 Å². The maximum Gasteiger partial charge on any atom is 0.224 e. The second-order valence-electron chi connectivity index (χ2n) is 4.31. The number of hydrogen-bond acceptors (Lipinski definition) is 6. The van der Waals surface area contributed by atoms with Crippen LogP contribution in [-0.4, -0.2) is 43.0 Å². The van der Waals surface area contributed by atoms with E-state index in [-0.39, 0.29) is 16.8 Å². The van der Waals surface area contributed by atoms with Gasteiger partial charge in [0.15, 0.2) is 15.7 Å². The van der Waals surface area contributed by atoms with Crippen LogP contribution in [0.1, 0.15) is 12.1 Å². The molecule has 1 aliphatic heterocycles. The summed E-state index contributed by atoms with van der Waals surface area (Å²) in [5.74, 6) is 0.860. The second kappa shape index (κ2) is 4.89. The van der Waals surface area contributed by atoms with Crippen molar-refractivity contribution in [2.75, 3.05) is 35.2 Å². The molecule has 0 unspecified atom stereocenters. The molecule has 2 rings (SSSR count). The number of nitrogens with zero attached hydrogens (tertiary/aromatic N) is 3. The number of aryl methyl sites for hydroxylation is 1. The van der Waals surface area contributed by atoms with Crippen LogP contribution in [0.3, 0.4) is 0 Å². The van der Waals surface area contributed by atoms with Crippen molar-refractivity contribution < 1.29 is 8.42 Å². The Hall–Kier alpha value is -1.08. The lowest BCUT2D eigenvalue weighted by molar-refractivity contribution is 0.597. The molecule has 6 nitrogen and oxygen atoms in total. The normalized spacial score (nSPS) is 19.6. The van der Waals surface area contributed by atoms with Crippen LogP contribution in [0.4, 0.5) is 11.5 Å². The van der Waals surface area contributed by atoms with Crippen LogP contribution in [-0.2, 0) is 9.84 Å². The van der Waals surface area contributed by atoms with Gasteiger partial charge in [0.1, 0.15) is 0 Å². The van der Waals surface area contributed by atoms with E-state index in [9.17, 15) is 8.42 Å². The SMILES string of the molecule is Cc1nc(Cl)nc(N2CCCS(=O)(=O)CC2)c1N. The van der Waals surface area contributed by atoms with E-state index in [1.165, 1.54) is 0 Å². The van der Waals surface area contributed by atoms with E-state index in [1.54, 1.807) is 6.92 Å². The molecule has 0 bridgehead atoms. The number of nitrogens with two attached hydrogens (primary N) is 1. The molecule has 1 fully saturated rings. The molecule has 1 aliphatic rings. The molecular weight excluding hydrogens is 276 g/mol. The molecule has 0 spiro atoms. The molecule has 0 saturated carbocycles. The summed E-state index contributed by atoms with van der Waals surface area (Å²) in [5.41, 5.74) is 6.99. The molecule has 0 atom stereocenters. The number of rotatable bonds is 1. The van der Waals surface area contributed by atoms with Gasteiger partial charge in [-0.05, 0) is 24.9 Å². The maximum atomic E-state index is 11.5. The van der Waals surface area contributed by atoms with Crippen LogP contribution in [0, 0.1) is 6.92 Å². The molecule has 1 aromatic heterocycles. The van der Waals surface area contributed by atoms with Gasteiger partial charge in [0.25, 0.3) is 0 Å². The van der Waals surface area contributed by atoms with Crippen molar-refractivity contribution in [3.63, 3.8) is 0 Å². The van der Waals surface area contributed by atoms with Crippen molar-refractivity contribution in [2.45, 2.75) is 13.3 Å². The first-order chi connectivity index (χ1) is 8.39. The summed E-state index contributed by atoms with van der Waals surface area (Å²) in [6.07, 6.45) is 0.572. The Labute approximate surface area is 111 Å². The zero-order valence-electron chi connectivity index (χ0n) is 10.1. The number of sulfone groups is 1. The van der Waals surface area contributed by atoms with Crippen LogP contribution in [0.2, 0.25) is 5.28 Å². The van der Waals surface area contributed by atoms with E-state index in [2.05, 4.69) is 9.97 Å². The topological polar surface area (TPSA) is 89.2 Å². The molecule has 1 aromatic rings. The molecule has 1 saturated heterocycles. The molecule has 100 valence electrons. The Bertz CT molecular complexity index is 561. The van der Waals surface area contributed by atoms with Gasteiger partial charge in [-0.2, -0.15) is 4.98 Å². The average Bonchev–Trinajstić information content (AvgIpc) is 2.45. The van der Waals surface area contributed by atoms with Crippen molar-refractivity contribution in [1.82, 2.24) is 9.97 Å². The van der Waals surface area contributed by atoms with Crippen molar-refractivity contribution in [3.05, 3.63) is 11.0 Å². The first kappa shape index (κ1) is 13.4. The molecule has 0 radical (unpaired) electrons. The highest BCUT2D eigenvalue weighted by Gasteiger charge is 2.22. The average molecular weight is 291 g/mol. The predicted molar refractivity (Wildman–Crippen MR) is 71.7 cm³/mol. The molecule has 0 amide bonds. The number of hydrogen-bond donors (Lipinski definition) is 1. The second-order valence-corrected chi connectivity index (χ2v) is 6.95.